The Morgan fingerprint density at radius 2 is 2.33 bits per heavy atom. The summed E-state index contributed by atoms with van der Waals surface area (Å²) in [6, 6.07) is 4.58. The zero-order chi connectivity index (χ0) is 11.4. The lowest BCUT2D eigenvalue weighted by Crippen LogP contribution is -2.22. The van der Waals surface area contributed by atoms with E-state index < -0.39 is 5.82 Å². The molecule has 3 N–H and O–H groups in total. The smallest absolute Gasteiger partial charge is 0.141 e. The molecule has 15 heavy (non-hydrogen) atoms. The van der Waals surface area contributed by atoms with E-state index in [0.29, 0.717) is 11.4 Å². The van der Waals surface area contributed by atoms with E-state index in [0.717, 1.165) is 5.69 Å². The number of hydrogen-bond acceptors (Lipinski definition) is 2. The average molecular weight is 247 g/mol. The van der Waals surface area contributed by atoms with Crippen LogP contribution in [0.1, 0.15) is 13.3 Å². The summed E-state index contributed by atoms with van der Waals surface area (Å²) in [6.45, 7) is 1.94. The zero-order valence-electron chi connectivity index (χ0n) is 8.26. The van der Waals surface area contributed by atoms with Gasteiger partial charge in [0, 0.05) is 18.2 Å². The summed E-state index contributed by atoms with van der Waals surface area (Å²) in [5, 5.41) is 3.22. The molecule has 0 spiro atoms. The third kappa shape index (κ3) is 4.01. The van der Waals surface area contributed by atoms with Crippen molar-refractivity contribution in [1.82, 2.24) is 0 Å². The lowest BCUT2D eigenvalue weighted by atomic mass is 10.2. The van der Waals surface area contributed by atoms with Gasteiger partial charge < -0.3 is 11.1 Å². The number of thiocarbonyl (C=S) groups is 1. The highest BCUT2D eigenvalue weighted by atomic mass is 35.5. The molecular formula is C10H12ClFN2S. The van der Waals surface area contributed by atoms with E-state index in [2.05, 4.69) is 5.32 Å². The number of rotatable bonds is 4. The zero-order valence-corrected chi connectivity index (χ0v) is 9.83. The van der Waals surface area contributed by atoms with E-state index in [1.807, 2.05) is 6.92 Å². The maximum absolute atomic E-state index is 12.8. The van der Waals surface area contributed by atoms with Crippen molar-refractivity contribution in [3.63, 3.8) is 0 Å². The predicted octanol–water partition coefficient (Wildman–Crippen LogP) is 2.96. The third-order valence-electron chi connectivity index (χ3n) is 1.84. The van der Waals surface area contributed by atoms with E-state index in [1.54, 1.807) is 6.07 Å². The molecule has 0 aromatic heterocycles. The fourth-order valence-electron chi connectivity index (χ4n) is 1.22. The molecule has 0 fully saturated rings. The van der Waals surface area contributed by atoms with Crippen molar-refractivity contribution < 1.29 is 4.39 Å². The van der Waals surface area contributed by atoms with Crippen molar-refractivity contribution in [2.24, 2.45) is 5.73 Å². The molecule has 0 aliphatic rings. The normalized spacial score (nSPS) is 12.2. The van der Waals surface area contributed by atoms with Gasteiger partial charge in [-0.2, -0.15) is 0 Å². The van der Waals surface area contributed by atoms with Gasteiger partial charge in [0.1, 0.15) is 5.82 Å². The summed E-state index contributed by atoms with van der Waals surface area (Å²) in [5.74, 6) is -0.427. The minimum Gasteiger partial charge on any atom is -0.393 e. The molecule has 1 aromatic carbocycles. The first-order valence-electron chi connectivity index (χ1n) is 4.49. The van der Waals surface area contributed by atoms with Crippen LogP contribution in [0.25, 0.3) is 0 Å². The molecule has 0 saturated carbocycles. The summed E-state index contributed by atoms with van der Waals surface area (Å²) in [6.07, 6.45) is 0.588. The Hall–Kier alpha value is -0.870. The second-order valence-corrected chi connectivity index (χ2v) is 4.28. The molecule has 0 heterocycles. The summed E-state index contributed by atoms with van der Waals surface area (Å²) in [5.41, 5.74) is 6.16. The van der Waals surface area contributed by atoms with Gasteiger partial charge in [0.2, 0.25) is 0 Å². The topological polar surface area (TPSA) is 38.0 Å². The standard InChI is InChI=1S/C10H12ClFN2S/c1-6(4-10(13)15)14-7-2-3-9(12)8(11)5-7/h2-3,5-6,14H,4H2,1H3,(H2,13,15). The predicted molar refractivity (Wildman–Crippen MR) is 65.9 cm³/mol. The summed E-state index contributed by atoms with van der Waals surface area (Å²) in [7, 11) is 0. The van der Waals surface area contributed by atoms with Gasteiger partial charge >= 0.3 is 0 Å². The van der Waals surface area contributed by atoms with Crippen LogP contribution in [-0.4, -0.2) is 11.0 Å². The molecule has 5 heteroatoms. The number of nitrogens with one attached hydrogen (secondary N) is 1. The second-order valence-electron chi connectivity index (χ2n) is 3.34. The van der Waals surface area contributed by atoms with Crippen molar-refractivity contribution in [1.29, 1.82) is 0 Å². The fraction of sp³-hybridized carbons (Fsp3) is 0.300. The van der Waals surface area contributed by atoms with E-state index in [-0.39, 0.29) is 11.1 Å². The van der Waals surface area contributed by atoms with Gasteiger partial charge in [-0.05, 0) is 25.1 Å². The molecule has 1 unspecified atom stereocenters. The first-order valence-corrected chi connectivity index (χ1v) is 5.27. The van der Waals surface area contributed by atoms with Gasteiger partial charge in [-0.15, -0.1) is 0 Å². The molecule has 0 aliphatic carbocycles. The SMILES string of the molecule is CC(CC(N)=S)Nc1ccc(F)c(Cl)c1. The van der Waals surface area contributed by atoms with Crippen molar-refractivity contribution >= 4 is 34.5 Å². The van der Waals surface area contributed by atoms with Crippen molar-refractivity contribution in [2.45, 2.75) is 19.4 Å². The molecule has 0 radical (unpaired) electrons. The lowest BCUT2D eigenvalue weighted by Gasteiger charge is -2.14. The Morgan fingerprint density at radius 1 is 1.67 bits per heavy atom. The molecule has 2 nitrogen and oxygen atoms in total. The minimum atomic E-state index is -0.427. The Kier molecular flexibility index (Phi) is 4.29. The van der Waals surface area contributed by atoms with Gasteiger partial charge in [0.05, 0.1) is 10.0 Å². The molecule has 0 saturated heterocycles. The minimum absolute atomic E-state index is 0.0996. The average Bonchev–Trinajstić information content (AvgIpc) is 2.10. The van der Waals surface area contributed by atoms with Crippen molar-refractivity contribution in [2.75, 3.05) is 5.32 Å². The van der Waals surface area contributed by atoms with Crippen LogP contribution in [0.5, 0.6) is 0 Å². The summed E-state index contributed by atoms with van der Waals surface area (Å²) < 4.78 is 12.8. The van der Waals surface area contributed by atoms with Crippen LogP contribution in [0.15, 0.2) is 18.2 Å². The maximum atomic E-state index is 12.8. The number of anilines is 1. The highest BCUT2D eigenvalue weighted by molar-refractivity contribution is 7.80. The molecule has 0 amide bonds. The van der Waals surface area contributed by atoms with Gasteiger partial charge in [0.15, 0.2) is 0 Å². The fourth-order valence-corrected chi connectivity index (χ4v) is 1.65. The highest BCUT2D eigenvalue weighted by Crippen LogP contribution is 2.20. The van der Waals surface area contributed by atoms with Crippen LogP contribution in [-0.2, 0) is 0 Å². The van der Waals surface area contributed by atoms with Crippen LogP contribution in [0.3, 0.4) is 0 Å². The van der Waals surface area contributed by atoms with E-state index in [1.165, 1.54) is 12.1 Å². The molecule has 1 rings (SSSR count). The first kappa shape index (κ1) is 12.2. The van der Waals surface area contributed by atoms with Gasteiger partial charge in [0.25, 0.3) is 0 Å². The molecule has 0 bridgehead atoms. The first-order chi connectivity index (χ1) is 6.99. The summed E-state index contributed by atoms with van der Waals surface area (Å²) in [4.78, 5) is 0.447. The Labute approximate surface area is 98.6 Å². The Balaban J connectivity index is 2.64. The van der Waals surface area contributed by atoms with Gasteiger partial charge in [-0.1, -0.05) is 23.8 Å². The largest absolute Gasteiger partial charge is 0.393 e. The Morgan fingerprint density at radius 3 is 2.87 bits per heavy atom. The Bertz CT molecular complexity index is 370. The number of benzene rings is 1. The molecule has 82 valence electrons. The monoisotopic (exact) mass is 246 g/mol. The number of halogens is 2. The van der Waals surface area contributed by atoms with Crippen LogP contribution in [0.2, 0.25) is 5.02 Å². The molecule has 1 aromatic rings. The molecule has 0 aliphatic heterocycles. The quantitative estimate of drug-likeness (QED) is 0.803. The van der Waals surface area contributed by atoms with Gasteiger partial charge in [-0.3, -0.25) is 0 Å². The van der Waals surface area contributed by atoms with E-state index in [4.69, 9.17) is 29.6 Å². The molecular weight excluding hydrogens is 235 g/mol. The van der Waals surface area contributed by atoms with Crippen LogP contribution in [0.4, 0.5) is 10.1 Å². The van der Waals surface area contributed by atoms with Crippen LogP contribution in [0, 0.1) is 5.82 Å². The van der Waals surface area contributed by atoms with Gasteiger partial charge in [-0.25, -0.2) is 4.39 Å². The van der Waals surface area contributed by atoms with E-state index in [9.17, 15) is 4.39 Å². The highest BCUT2D eigenvalue weighted by Gasteiger charge is 2.05. The maximum Gasteiger partial charge on any atom is 0.141 e. The lowest BCUT2D eigenvalue weighted by molar-refractivity contribution is 0.628. The second kappa shape index (κ2) is 5.28. The van der Waals surface area contributed by atoms with Crippen LogP contribution >= 0.6 is 23.8 Å². The number of hydrogen-bond donors (Lipinski definition) is 2. The summed E-state index contributed by atoms with van der Waals surface area (Å²) >= 11 is 10.4. The number of nitrogens with two attached hydrogens (primary N) is 1. The van der Waals surface area contributed by atoms with Crippen molar-refractivity contribution in [3.05, 3.63) is 29.0 Å². The van der Waals surface area contributed by atoms with Crippen LogP contribution < -0.4 is 11.1 Å². The third-order valence-corrected chi connectivity index (χ3v) is 2.30. The molecule has 1 atom stereocenters. The van der Waals surface area contributed by atoms with Crippen molar-refractivity contribution in [3.8, 4) is 0 Å². The van der Waals surface area contributed by atoms with E-state index >= 15 is 0 Å².